The second-order valence-corrected chi connectivity index (χ2v) is 9.99. The third-order valence-electron chi connectivity index (χ3n) is 7.33. The van der Waals surface area contributed by atoms with Gasteiger partial charge in [0.1, 0.15) is 11.5 Å². The Labute approximate surface area is 218 Å². The van der Waals surface area contributed by atoms with Crippen molar-refractivity contribution in [2.24, 2.45) is 0 Å². The molecule has 0 bridgehead atoms. The number of aryl methyl sites for hydroxylation is 1. The van der Waals surface area contributed by atoms with Crippen LogP contribution in [0, 0.1) is 12.7 Å². The van der Waals surface area contributed by atoms with Crippen LogP contribution in [0.25, 0.3) is 39.1 Å². The number of aliphatic hydroxyl groups is 1. The van der Waals surface area contributed by atoms with Crippen molar-refractivity contribution in [1.82, 2.24) is 24.7 Å². The summed E-state index contributed by atoms with van der Waals surface area (Å²) >= 11 is 0. The van der Waals surface area contributed by atoms with Crippen LogP contribution in [-0.4, -0.2) is 42.5 Å². The maximum Gasteiger partial charge on any atom is 0.271 e. The lowest BCUT2D eigenvalue weighted by Gasteiger charge is -2.21. The molecule has 0 atom stereocenters. The quantitative estimate of drug-likeness (QED) is 0.316. The molecule has 9 heteroatoms. The van der Waals surface area contributed by atoms with E-state index >= 15 is 0 Å². The van der Waals surface area contributed by atoms with E-state index in [1.165, 1.54) is 12.1 Å². The average Bonchev–Trinajstić information content (AvgIpc) is 3.56. The lowest BCUT2D eigenvalue weighted by atomic mass is 10.0. The molecule has 38 heavy (non-hydrogen) atoms. The van der Waals surface area contributed by atoms with Crippen LogP contribution in [-0.2, 0) is 0 Å². The Kier molecular flexibility index (Phi) is 5.80. The molecular weight excluding hydrogens is 483 g/mol. The molecular formula is C29H27FN6O2. The van der Waals surface area contributed by atoms with Gasteiger partial charge in [0, 0.05) is 35.5 Å². The highest BCUT2D eigenvalue weighted by Crippen LogP contribution is 2.35. The summed E-state index contributed by atoms with van der Waals surface area (Å²) in [6.45, 7) is 2.18. The van der Waals surface area contributed by atoms with Gasteiger partial charge in [0.15, 0.2) is 11.5 Å². The predicted molar refractivity (Wildman–Crippen MR) is 144 cm³/mol. The van der Waals surface area contributed by atoms with Gasteiger partial charge >= 0.3 is 0 Å². The highest BCUT2D eigenvalue weighted by Gasteiger charge is 2.32. The molecule has 1 aliphatic carbocycles. The number of hydrogen-bond acceptors (Lipinski definition) is 6. The minimum absolute atomic E-state index is 0.139. The Hall–Kier alpha value is -4.37. The number of nitrogens with zero attached hydrogens (tertiary/aromatic N) is 4. The number of halogens is 1. The highest BCUT2D eigenvalue weighted by molar-refractivity contribution is 5.95. The normalized spacial score (nSPS) is 14.8. The number of fused-ring (bicyclic) bond motifs is 2. The number of carbonyl (C=O) groups is 1. The van der Waals surface area contributed by atoms with E-state index in [9.17, 15) is 14.3 Å². The van der Waals surface area contributed by atoms with Crippen LogP contribution in [0.2, 0.25) is 0 Å². The second kappa shape index (κ2) is 9.18. The summed E-state index contributed by atoms with van der Waals surface area (Å²) in [5.74, 6) is -0.622. The third kappa shape index (κ3) is 4.24. The fourth-order valence-electron chi connectivity index (χ4n) is 5.24. The van der Waals surface area contributed by atoms with Crippen LogP contribution in [0.4, 0.5) is 10.2 Å². The van der Waals surface area contributed by atoms with Gasteiger partial charge in [-0.1, -0.05) is 18.9 Å². The van der Waals surface area contributed by atoms with Crippen LogP contribution in [0.1, 0.15) is 41.7 Å². The Morgan fingerprint density at radius 2 is 1.84 bits per heavy atom. The average molecular weight is 511 g/mol. The molecule has 8 nitrogen and oxygen atoms in total. The zero-order valence-electron chi connectivity index (χ0n) is 20.9. The van der Waals surface area contributed by atoms with Crippen LogP contribution < -0.4 is 11.1 Å². The molecule has 3 heterocycles. The van der Waals surface area contributed by atoms with E-state index in [0.29, 0.717) is 35.4 Å². The van der Waals surface area contributed by atoms with Gasteiger partial charge < -0.3 is 16.2 Å². The molecule has 3 aromatic heterocycles. The van der Waals surface area contributed by atoms with E-state index in [-0.39, 0.29) is 23.9 Å². The first kappa shape index (κ1) is 24.0. The van der Waals surface area contributed by atoms with Gasteiger partial charge in [0.25, 0.3) is 5.91 Å². The summed E-state index contributed by atoms with van der Waals surface area (Å²) in [4.78, 5) is 26.7. The molecule has 1 aliphatic rings. The Morgan fingerprint density at radius 1 is 1.11 bits per heavy atom. The van der Waals surface area contributed by atoms with Gasteiger partial charge in [-0.15, -0.1) is 0 Å². The standard InChI is InChI=1S/C29H27FN6O2/c1-17-10-13-32-22-9-6-19(14-21(17)22)25-24(18-4-7-20(30)8-5-18)35-26(31)27-34-23(15-36(25)27)28(37)33-16-29(38)11-2-3-12-29/h4-10,13-15,38H,2-3,11-12,16H2,1H3,(H2,31,35)(H,33,37). The smallest absolute Gasteiger partial charge is 0.271 e. The highest BCUT2D eigenvalue weighted by atomic mass is 19.1. The van der Waals surface area contributed by atoms with Crippen molar-refractivity contribution < 1.29 is 14.3 Å². The fraction of sp³-hybridized carbons (Fsp3) is 0.241. The molecule has 2 aromatic carbocycles. The number of imidazole rings is 1. The first-order valence-electron chi connectivity index (χ1n) is 12.6. The molecule has 1 amide bonds. The summed E-state index contributed by atoms with van der Waals surface area (Å²) in [7, 11) is 0. The molecule has 0 radical (unpaired) electrons. The molecule has 6 rings (SSSR count). The predicted octanol–water partition coefficient (Wildman–Crippen LogP) is 4.68. The fourth-order valence-corrected chi connectivity index (χ4v) is 5.24. The maximum atomic E-state index is 13.8. The van der Waals surface area contributed by atoms with Crippen molar-refractivity contribution in [3.05, 3.63) is 78.0 Å². The second-order valence-electron chi connectivity index (χ2n) is 9.99. The van der Waals surface area contributed by atoms with E-state index in [2.05, 4.69) is 20.3 Å². The zero-order chi connectivity index (χ0) is 26.4. The van der Waals surface area contributed by atoms with Gasteiger partial charge in [-0.25, -0.2) is 14.4 Å². The molecule has 1 fully saturated rings. The van der Waals surface area contributed by atoms with Crippen LogP contribution in [0.15, 0.2) is 60.9 Å². The van der Waals surface area contributed by atoms with Gasteiger partial charge in [-0.2, -0.15) is 0 Å². The number of aromatic nitrogens is 4. The topological polar surface area (TPSA) is 118 Å². The number of nitrogens with two attached hydrogens (primary N) is 1. The number of hydrogen-bond donors (Lipinski definition) is 3. The van der Waals surface area contributed by atoms with Gasteiger partial charge in [-0.3, -0.25) is 14.2 Å². The minimum atomic E-state index is -0.882. The third-order valence-corrected chi connectivity index (χ3v) is 7.33. The lowest BCUT2D eigenvalue weighted by Crippen LogP contribution is -2.40. The van der Waals surface area contributed by atoms with Crippen molar-refractivity contribution in [3.63, 3.8) is 0 Å². The minimum Gasteiger partial charge on any atom is -0.388 e. The van der Waals surface area contributed by atoms with E-state index in [1.807, 2.05) is 31.2 Å². The molecule has 4 N–H and O–H groups in total. The first-order chi connectivity index (χ1) is 18.3. The number of nitrogen functional groups attached to an aromatic ring is 1. The largest absolute Gasteiger partial charge is 0.388 e. The van der Waals surface area contributed by atoms with Gasteiger partial charge in [0.05, 0.1) is 22.5 Å². The Morgan fingerprint density at radius 3 is 2.61 bits per heavy atom. The molecule has 0 unspecified atom stereocenters. The maximum absolute atomic E-state index is 13.8. The zero-order valence-corrected chi connectivity index (χ0v) is 20.9. The van der Waals surface area contributed by atoms with Crippen molar-refractivity contribution in [2.75, 3.05) is 12.3 Å². The molecule has 192 valence electrons. The van der Waals surface area contributed by atoms with Gasteiger partial charge in [0.2, 0.25) is 0 Å². The summed E-state index contributed by atoms with van der Waals surface area (Å²) in [6, 6.07) is 13.9. The van der Waals surface area contributed by atoms with E-state index in [4.69, 9.17) is 5.73 Å². The first-order valence-corrected chi connectivity index (χ1v) is 12.6. The Bertz CT molecular complexity index is 1690. The molecule has 0 spiro atoms. The lowest BCUT2D eigenvalue weighted by molar-refractivity contribution is 0.0449. The number of anilines is 1. The number of rotatable bonds is 5. The van der Waals surface area contributed by atoms with Crippen molar-refractivity contribution in [2.45, 2.75) is 38.2 Å². The number of benzene rings is 2. The van der Waals surface area contributed by atoms with Crippen LogP contribution >= 0.6 is 0 Å². The number of amides is 1. The molecule has 0 aliphatic heterocycles. The molecule has 1 saturated carbocycles. The monoisotopic (exact) mass is 510 g/mol. The van der Waals surface area contributed by atoms with Crippen LogP contribution in [0.5, 0.6) is 0 Å². The van der Waals surface area contributed by atoms with Crippen LogP contribution in [0.3, 0.4) is 0 Å². The number of pyridine rings is 1. The summed E-state index contributed by atoms with van der Waals surface area (Å²) < 4.78 is 15.5. The number of carbonyl (C=O) groups excluding carboxylic acids is 1. The number of nitrogens with one attached hydrogen (secondary N) is 1. The van der Waals surface area contributed by atoms with Crippen molar-refractivity contribution in [3.8, 4) is 22.5 Å². The SMILES string of the molecule is Cc1ccnc2ccc(-c3c(-c4ccc(F)cc4)nc(N)c4nc(C(=O)NCC5(O)CCCC5)cn34)cc12. The summed E-state index contributed by atoms with van der Waals surface area (Å²) in [5, 5.41) is 14.5. The van der Waals surface area contributed by atoms with E-state index in [0.717, 1.165) is 34.9 Å². The van der Waals surface area contributed by atoms with E-state index < -0.39 is 11.5 Å². The summed E-state index contributed by atoms with van der Waals surface area (Å²) in [5.41, 5.74) is 10.5. The molecule has 0 saturated heterocycles. The summed E-state index contributed by atoms with van der Waals surface area (Å²) in [6.07, 6.45) is 6.61. The van der Waals surface area contributed by atoms with Crippen molar-refractivity contribution in [1.29, 1.82) is 0 Å². The Balaban J connectivity index is 1.52. The van der Waals surface area contributed by atoms with Gasteiger partial charge in [-0.05, 0) is 67.8 Å². The molecule has 5 aromatic rings. The van der Waals surface area contributed by atoms with Crippen molar-refractivity contribution >= 4 is 28.3 Å². The van der Waals surface area contributed by atoms with E-state index in [1.54, 1.807) is 28.9 Å².